The lowest BCUT2D eigenvalue weighted by molar-refractivity contribution is -0.153. The Labute approximate surface area is 75.6 Å². The summed E-state index contributed by atoms with van der Waals surface area (Å²) in [6.07, 6.45) is -0.477. The number of ether oxygens (including phenoxy) is 2. The zero-order chi connectivity index (χ0) is 9.84. The molecular weight excluding hydrogens is 176 g/mol. The van der Waals surface area contributed by atoms with E-state index in [0.717, 1.165) is 0 Å². The van der Waals surface area contributed by atoms with Crippen molar-refractivity contribution in [2.45, 2.75) is 19.4 Å². The van der Waals surface area contributed by atoms with Gasteiger partial charge in [-0.15, -0.1) is 0 Å². The summed E-state index contributed by atoms with van der Waals surface area (Å²) in [5.74, 6) is -1.97. The van der Waals surface area contributed by atoms with Crippen molar-refractivity contribution >= 4 is 11.9 Å². The van der Waals surface area contributed by atoms with Crippen LogP contribution in [0.2, 0.25) is 0 Å². The molecule has 1 heterocycles. The zero-order valence-corrected chi connectivity index (χ0v) is 7.36. The van der Waals surface area contributed by atoms with Crippen LogP contribution < -0.4 is 0 Å². The first-order chi connectivity index (χ1) is 6.15. The number of rotatable bonds is 3. The van der Waals surface area contributed by atoms with Crippen molar-refractivity contribution in [1.82, 2.24) is 0 Å². The number of carbonyl (C=O) groups is 2. The first-order valence-electron chi connectivity index (χ1n) is 4.16. The summed E-state index contributed by atoms with van der Waals surface area (Å²) in [6, 6.07) is 0. The molecule has 0 aliphatic carbocycles. The Morgan fingerprint density at radius 2 is 2.31 bits per heavy atom. The van der Waals surface area contributed by atoms with Gasteiger partial charge in [-0.05, 0) is 13.3 Å². The summed E-state index contributed by atoms with van der Waals surface area (Å²) < 4.78 is 9.68. The van der Waals surface area contributed by atoms with Crippen LogP contribution in [0.3, 0.4) is 0 Å². The Balaban J connectivity index is 2.40. The molecule has 0 spiro atoms. The third-order valence-electron chi connectivity index (χ3n) is 1.90. The van der Waals surface area contributed by atoms with Gasteiger partial charge in [0, 0.05) is 0 Å². The van der Waals surface area contributed by atoms with E-state index in [1.54, 1.807) is 6.92 Å². The average Bonchev–Trinajstić information content (AvgIpc) is 2.52. The molecule has 0 aromatic rings. The molecule has 0 saturated carbocycles. The summed E-state index contributed by atoms with van der Waals surface area (Å²) in [5, 5.41) is 8.61. The highest BCUT2D eigenvalue weighted by Crippen LogP contribution is 2.20. The van der Waals surface area contributed by atoms with Crippen LogP contribution in [0.25, 0.3) is 0 Å². The summed E-state index contributed by atoms with van der Waals surface area (Å²) >= 11 is 0. The second kappa shape index (κ2) is 4.23. The van der Waals surface area contributed by atoms with Crippen LogP contribution in [0.5, 0.6) is 0 Å². The summed E-state index contributed by atoms with van der Waals surface area (Å²) in [7, 11) is 0. The molecule has 1 rings (SSSR count). The van der Waals surface area contributed by atoms with Gasteiger partial charge in [0.05, 0.1) is 19.1 Å². The fraction of sp³-hybridized carbons (Fsp3) is 0.750. The minimum absolute atomic E-state index is 0.0960. The molecule has 2 unspecified atom stereocenters. The maximum absolute atomic E-state index is 11.1. The van der Waals surface area contributed by atoms with E-state index < -0.39 is 24.0 Å². The molecule has 1 N–H and O–H groups in total. The summed E-state index contributed by atoms with van der Waals surface area (Å²) in [4.78, 5) is 21.6. The SMILES string of the molecule is CCOC(=O)C1CC(C(=O)O)CO1. The summed E-state index contributed by atoms with van der Waals surface area (Å²) in [5.41, 5.74) is 0. The van der Waals surface area contributed by atoms with Gasteiger partial charge in [-0.1, -0.05) is 0 Å². The number of hydrogen-bond acceptors (Lipinski definition) is 4. The van der Waals surface area contributed by atoms with Gasteiger partial charge in [0.1, 0.15) is 0 Å². The van der Waals surface area contributed by atoms with Gasteiger partial charge in [0.2, 0.25) is 0 Å². The lowest BCUT2D eigenvalue weighted by Crippen LogP contribution is -2.22. The van der Waals surface area contributed by atoms with Crippen molar-refractivity contribution in [3.05, 3.63) is 0 Å². The quantitative estimate of drug-likeness (QED) is 0.633. The summed E-state index contributed by atoms with van der Waals surface area (Å²) in [6.45, 7) is 2.08. The molecule has 13 heavy (non-hydrogen) atoms. The number of aliphatic carboxylic acids is 1. The third kappa shape index (κ3) is 2.42. The molecule has 1 saturated heterocycles. The van der Waals surface area contributed by atoms with Crippen LogP contribution >= 0.6 is 0 Å². The molecule has 0 amide bonds. The third-order valence-corrected chi connectivity index (χ3v) is 1.90. The second-order valence-corrected chi connectivity index (χ2v) is 2.84. The predicted octanol–water partition coefficient (Wildman–Crippen LogP) is 0.0392. The number of carboxylic acids is 1. The molecule has 0 radical (unpaired) electrons. The van der Waals surface area contributed by atoms with Gasteiger partial charge in [-0.2, -0.15) is 0 Å². The number of hydrogen-bond donors (Lipinski definition) is 1. The van der Waals surface area contributed by atoms with Gasteiger partial charge in [0.25, 0.3) is 0 Å². The largest absolute Gasteiger partial charge is 0.481 e. The van der Waals surface area contributed by atoms with Crippen LogP contribution in [0.1, 0.15) is 13.3 Å². The van der Waals surface area contributed by atoms with Crippen molar-refractivity contribution in [3.63, 3.8) is 0 Å². The van der Waals surface area contributed by atoms with Crippen LogP contribution in [0.15, 0.2) is 0 Å². The fourth-order valence-corrected chi connectivity index (χ4v) is 1.20. The Morgan fingerprint density at radius 1 is 1.62 bits per heavy atom. The molecule has 5 nitrogen and oxygen atoms in total. The average molecular weight is 188 g/mol. The maximum Gasteiger partial charge on any atom is 0.335 e. The molecule has 0 bridgehead atoms. The van der Waals surface area contributed by atoms with Crippen molar-refractivity contribution in [1.29, 1.82) is 0 Å². The van der Waals surface area contributed by atoms with E-state index in [4.69, 9.17) is 14.6 Å². The Hall–Kier alpha value is -1.10. The van der Waals surface area contributed by atoms with E-state index in [0.29, 0.717) is 0 Å². The van der Waals surface area contributed by atoms with Crippen LogP contribution in [-0.4, -0.2) is 36.4 Å². The molecule has 2 atom stereocenters. The molecule has 1 aliphatic heterocycles. The molecule has 1 fully saturated rings. The number of carboxylic acid groups (broad SMARTS) is 1. The minimum atomic E-state index is -0.924. The van der Waals surface area contributed by atoms with Crippen molar-refractivity contribution < 1.29 is 24.2 Å². The topological polar surface area (TPSA) is 72.8 Å². The van der Waals surface area contributed by atoms with E-state index in [1.807, 2.05) is 0 Å². The first-order valence-corrected chi connectivity index (χ1v) is 4.16. The van der Waals surface area contributed by atoms with Gasteiger partial charge in [-0.3, -0.25) is 4.79 Å². The monoisotopic (exact) mass is 188 g/mol. The van der Waals surface area contributed by atoms with Gasteiger partial charge >= 0.3 is 11.9 Å². The zero-order valence-electron chi connectivity index (χ0n) is 7.36. The molecule has 0 aromatic carbocycles. The van der Waals surface area contributed by atoms with Crippen LogP contribution in [0, 0.1) is 5.92 Å². The van der Waals surface area contributed by atoms with E-state index >= 15 is 0 Å². The Morgan fingerprint density at radius 3 is 2.77 bits per heavy atom. The van der Waals surface area contributed by atoms with Crippen LogP contribution in [-0.2, 0) is 19.1 Å². The van der Waals surface area contributed by atoms with Crippen molar-refractivity contribution in [2.75, 3.05) is 13.2 Å². The van der Waals surface area contributed by atoms with Gasteiger partial charge < -0.3 is 14.6 Å². The smallest absolute Gasteiger partial charge is 0.335 e. The number of carbonyl (C=O) groups excluding carboxylic acids is 1. The van der Waals surface area contributed by atoms with E-state index in [1.165, 1.54) is 0 Å². The molecule has 1 aliphatic rings. The molecule has 74 valence electrons. The molecular formula is C8H12O5. The highest BCUT2D eigenvalue weighted by molar-refractivity contribution is 5.77. The van der Waals surface area contributed by atoms with Crippen LogP contribution in [0.4, 0.5) is 0 Å². The van der Waals surface area contributed by atoms with E-state index in [2.05, 4.69) is 0 Å². The lowest BCUT2D eigenvalue weighted by atomic mass is 10.1. The van der Waals surface area contributed by atoms with E-state index in [9.17, 15) is 9.59 Å². The highest BCUT2D eigenvalue weighted by atomic mass is 16.6. The van der Waals surface area contributed by atoms with Gasteiger partial charge in [-0.25, -0.2) is 4.79 Å². The molecule has 5 heteroatoms. The Kier molecular flexibility index (Phi) is 3.25. The second-order valence-electron chi connectivity index (χ2n) is 2.84. The predicted molar refractivity (Wildman–Crippen MR) is 42.1 cm³/mol. The number of esters is 1. The first kappa shape index (κ1) is 9.98. The van der Waals surface area contributed by atoms with E-state index in [-0.39, 0.29) is 19.6 Å². The Bertz CT molecular complexity index is 213. The fourth-order valence-electron chi connectivity index (χ4n) is 1.20. The van der Waals surface area contributed by atoms with Crippen molar-refractivity contribution in [3.8, 4) is 0 Å². The minimum Gasteiger partial charge on any atom is -0.481 e. The normalized spacial score (nSPS) is 27.2. The molecule has 0 aromatic heterocycles. The van der Waals surface area contributed by atoms with Crippen molar-refractivity contribution in [2.24, 2.45) is 5.92 Å². The highest BCUT2D eigenvalue weighted by Gasteiger charge is 2.35. The van der Waals surface area contributed by atoms with Gasteiger partial charge in [0.15, 0.2) is 6.10 Å². The lowest BCUT2D eigenvalue weighted by Gasteiger charge is -2.06. The maximum atomic E-state index is 11.1. The standard InChI is InChI=1S/C8H12O5/c1-2-12-8(11)6-3-5(4-13-6)7(9)10/h5-6H,2-4H2,1H3,(H,9,10).